The van der Waals surface area contributed by atoms with Crippen LogP contribution in [0.3, 0.4) is 0 Å². The van der Waals surface area contributed by atoms with Crippen molar-refractivity contribution in [2.24, 2.45) is 11.1 Å². The van der Waals surface area contributed by atoms with Gasteiger partial charge in [-0.15, -0.1) is 5.92 Å². The van der Waals surface area contributed by atoms with E-state index in [1.807, 2.05) is 20.8 Å². The molecule has 2 N–H and O–H groups in total. The number of hydrogen-bond acceptors (Lipinski definition) is 3. The van der Waals surface area contributed by atoms with Crippen LogP contribution in [0.25, 0.3) is 0 Å². The van der Waals surface area contributed by atoms with E-state index < -0.39 is 0 Å². The van der Waals surface area contributed by atoms with Gasteiger partial charge in [0, 0.05) is 26.2 Å². The van der Waals surface area contributed by atoms with E-state index in [4.69, 9.17) is 5.73 Å². The molecule has 0 aromatic heterocycles. The molecule has 0 radical (unpaired) electrons. The van der Waals surface area contributed by atoms with Gasteiger partial charge in [0.2, 0.25) is 0 Å². The Balaban J connectivity index is 0.000000771. The zero-order valence-corrected chi connectivity index (χ0v) is 12.3. The third-order valence-corrected chi connectivity index (χ3v) is 3.96. The Labute approximate surface area is 113 Å². The molecule has 0 amide bonds. The summed E-state index contributed by atoms with van der Waals surface area (Å²) >= 11 is 0. The second-order valence-electron chi connectivity index (χ2n) is 5.20. The molecular formula is C15H29N3. The lowest BCUT2D eigenvalue weighted by atomic mass is 9.72. The van der Waals surface area contributed by atoms with Crippen LogP contribution >= 0.6 is 0 Å². The highest BCUT2D eigenvalue weighted by atomic mass is 15.2. The summed E-state index contributed by atoms with van der Waals surface area (Å²) in [7, 11) is 0. The largest absolute Gasteiger partial charge is 0.329 e. The summed E-state index contributed by atoms with van der Waals surface area (Å²) in [5, 5.41) is 0. The van der Waals surface area contributed by atoms with Crippen LogP contribution in [0.2, 0.25) is 0 Å². The molecule has 18 heavy (non-hydrogen) atoms. The minimum atomic E-state index is 0.630. The van der Waals surface area contributed by atoms with Crippen molar-refractivity contribution in [3.05, 3.63) is 0 Å². The third kappa shape index (κ3) is 3.98. The van der Waals surface area contributed by atoms with Crippen molar-refractivity contribution in [3.63, 3.8) is 0 Å². The molecule has 2 aliphatic rings. The van der Waals surface area contributed by atoms with Gasteiger partial charge in [0.1, 0.15) is 0 Å². The maximum atomic E-state index is 5.57. The summed E-state index contributed by atoms with van der Waals surface area (Å²) in [4.78, 5) is 4.97. The molecule has 2 aliphatic heterocycles. The lowest BCUT2D eigenvalue weighted by Gasteiger charge is -2.54. The van der Waals surface area contributed by atoms with Gasteiger partial charge >= 0.3 is 0 Å². The molecule has 0 aromatic carbocycles. The zero-order valence-electron chi connectivity index (χ0n) is 12.3. The number of hydrogen-bond donors (Lipinski definition) is 1. The van der Waals surface area contributed by atoms with E-state index in [-0.39, 0.29) is 0 Å². The molecule has 0 aromatic rings. The van der Waals surface area contributed by atoms with Crippen LogP contribution in [-0.2, 0) is 0 Å². The Hall–Kier alpha value is -0.560. The lowest BCUT2D eigenvalue weighted by Crippen LogP contribution is -2.60. The summed E-state index contributed by atoms with van der Waals surface area (Å²) in [6, 6.07) is 0. The van der Waals surface area contributed by atoms with Crippen molar-refractivity contribution in [2.45, 2.75) is 33.6 Å². The van der Waals surface area contributed by atoms with Gasteiger partial charge in [-0.05, 0) is 38.3 Å². The molecule has 0 unspecified atom stereocenters. The maximum Gasteiger partial charge on any atom is 0.0601 e. The molecule has 1 spiro atoms. The minimum absolute atomic E-state index is 0.630. The van der Waals surface area contributed by atoms with Crippen molar-refractivity contribution < 1.29 is 0 Å². The van der Waals surface area contributed by atoms with Gasteiger partial charge in [-0.2, -0.15) is 0 Å². The fourth-order valence-corrected chi connectivity index (χ4v) is 2.94. The molecule has 3 heteroatoms. The SMILES string of the molecule is CC.CC#CCN1CCC2(CC1)CN(CCN)C2. The number of likely N-dealkylation sites (tertiary alicyclic amines) is 2. The first-order chi connectivity index (χ1) is 8.78. The average Bonchev–Trinajstić information content (AvgIpc) is 2.39. The topological polar surface area (TPSA) is 32.5 Å². The van der Waals surface area contributed by atoms with Gasteiger partial charge in [0.15, 0.2) is 0 Å². The summed E-state index contributed by atoms with van der Waals surface area (Å²) < 4.78 is 0. The molecule has 0 atom stereocenters. The van der Waals surface area contributed by atoms with Gasteiger partial charge in [0.25, 0.3) is 0 Å². The Morgan fingerprint density at radius 3 is 2.22 bits per heavy atom. The zero-order chi connectivity index (χ0) is 13.4. The van der Waals surface area contributed by atoms with Crippen molar-refractivity contribution >= 4 is 0 Å². The number of nitrogens with zero attached hydrogens (tertiary/aromatic N) is 2. The molecular weight excluding hydrogens is 222 g/mol. The molecule has 2 heterocycles. The van der Waals surface area contributed by atoms with Crippen LogP contribution in [0.1, 0.15) is 33.6 Å². The molecule has 2 rings (SSSR count). The monoisotopic (exact) mass is 251 g/mol. The van der Waals surface area contributed by atoms with Gasteiger partial charge in [0.05, 0.1) is 6.54 Å². The van der Waals surface area contributed by atoms with Gasteiger partial charge in [-0.1, -0.05) is 19.8 Å². The summed E-state index contributed by atoms with van der Waals surface area (Å²) in [5.74, 6) is 6.13. The van der Waals surface area contributed by atoms with E-state index in [1.54, 1.807) is 0 Å². The first-order valence-electron chi connectivity index (χ1n) is 7.32. The van der Waals surface area contributed by atoms with Gasteiger partial charge in [-0.3, -0.25) is 4.90 Å². The van der Waals surface area contributed by atoms with E-state index in [0.29, 0.717) is 5.41 Å². The first-order valence-corrected chi connectivity index (χ1v) is 7.32. The Morgan fingerprint density at radius 2 is 1.72 bits per heavy atom. The highest BCUT2D eigenvalue weighted by Crippen LogP contribution is 2.39. The summed E-state index contributed by atoms with van der Waals surface area (Å²) in [6.45, 7) is 13.8. The highest BCUT2D eigenvalue weighted by Gasteiger charge is 2.43. The van der Waals surface area contributed by atoms with Crippen LogP contribution in [0.15, 0.2) is 0 Å². The quantitative estimate of drug-likeness (QED) is 0.770. The van der Waals surface area contributed by atoms with Crippen molar-refractivity contribution in [1.82, 2.24) is 9.80 Å². The molecule has 3 nitrogen and oxygen atoms in total. The van der Waals surface area contributed by atoms with Gasteiger partial charge in [-0.25, -0.2) is 0 Å². The fraction of sp³-hybridized carbons (Fsp3) is 0.867. The second kappa shape index (κ2) is 7.78. The average molecular weight is 251 g/mol. The predicted octanol–water partition coefficient (Wildman–Crippen LogP) is 1.39. The number of rotatable bonds is 3. The molecule has 0 saturated carbocycles. The molecule has 0 bridgehead atoms. The molecule has 104 valence electrons. The number of piperidine rings is 1. The van der Waals surface area contributed by atoms with Crippen molar-refractivity contribution in [3.8, 4) is 11.8 Å². The Bertz CT molecular complexity index is 274. The van der Waals surface area contributed by atoms with Crippen molar-refractivity contribution in [1.29, 1.82) is 0 Å². The fourth-order valence-electron chi connectivity index (χ4n) is 2.94. The van der Waals surface area contributed by atoms with Crippen LogP contribution in [0.5, 0.6) is 0 Å². The van der Waals surface area contributed by atoms with Gasteiger partial charge < -0.3 is 10.6 Å². The molecule has 2 fully saturated rings. The van der Waals surface area contributed by atoms with Crippen molar-refractivity contribution in [2.75, 3.05) is 45.8 Å². The summed E-state index contributed by atoms with van der Waals surface area (Å²) in [5.41, 5.74) is 6.20. The normalized spacial score (nSPS) is 22.4. The number of nitrogens with two attached hydrogens (primary N) is 1. The van der Waals surface area contributed by atoms with E-state index in [1.165, 1.54) is 39.0 Å². The molecule has 0 aliphatic carbocycles. The third-order valence-electron chi connectivity index (χ3n) is 3.96. The Morgan fingerprint density at radius 1 is 1.11 bits per heavy atom. The van der Waals surface area contributed by atoms with Crippen LogP contribution in [0, 0.1) is 17.3 Å². The summed E-state index contributed by atoms with van der Waals surface area (Å²) in [6.07, 6.45) is 2.69. The lowest BCUT2D eigenvalue weighted by molar-refractivity contribution is -0.0422. The van der Waals surface area contributed by atoms with Crippen LogP contribution < -0.4 is 5.73 Å². The van der Waals surface area contributed by atoms with E-state index in [2.05, 4.69) is 21.6 Å². The van der Waals surface area contributed by atoms with Crippen LogP contribution in [-0.4, -0.2) is 55.6 Å². The second-order valence-corrected chi connectivity index (χ2v) is 5.20. The Kier molecular flexibility index (Phi) is 6.70. The highest BCUT2D eigenvalue weighted by molar-refractivity contribution is 5.02. The van der Waals surface area contributed by atoms with E-state index in [9.17, 15) is 0 Å². The predicted molar refractivity (Wildman–Crippen MR) is 78.4 cm³/mol. The minimum Gasteiger partial charge on any atom is -0.329 e. The first kappa shape index (κ1) is 15.5. The maximum absolute atomic E-state index is 5.57. The van der Waals surface area contributed by atoms with E-state index in [0.717, 1.165) is 19.6 Å². The van der Waals surface area contributed by atoms with Crippen LogP contribution in [0.4, 0.5) is 0 Å². The standard InChI is InChI=1S/C13H23N3.C2H6/c1-2-3-7-15-8-4-13(5-9-15)11-16(12-13)10-6-14;1-2/h4-12,14H2,1H3;1-2H3. The van der Waals surface area contributed by atoms with E-state index >= 15 is 0 Å². The molecule has 2 saturated heterocycles. The smallest absolute Gasteiger partial charge is 0.0601 e.